The number of unbranched alkanes of at least 4 members (excludes halogenated alkanes) is 1. The third-order valence-corrected chi connectivity index (χ3v) is 3.53. The highest BCUT2D eigenvalue weighted by Gasteiger charge is 2.27. The maximum Gasteiger partial charge on any atom is 0.310 e. The number of benzene rings is 1. The zero-order chi connectivity index (χ0) is 18.2. The van der Waals surface area contributed by atoms with E-state index in [1.165, 1.54) is 0 Å². The molecule has 1 rings (SSSR count). The van der Waals surface area contributed by atoms with E-state index in [2.05, 4.69) is 12.2 Å². The zero-order valence-electron chi connectivity index (χ0n) is 14.8. The number of carbonyl (C=O) groups excluding carboxylic acids is 1. The first-order valence-electron chi connectivity index (χ1n) is 8.23. The van der Waals surface area contributed by atoms with E-state index in [4.69, 9.17) is 14.6 Å². The number of carbonyl (C=O) groups is 2. The van der Waals surface area contributed by atoms with Gasteiger partial charge in [0.1, 0.15) is 0 Å². The lowest BCUT2D eigenvalue weighted by Gasteiger charge is -2.19. The van der Waals surface area contributed by atoms with E-state index in [1.54, 1.807) is 32.0 Å². The lowest BCUT2D eigenvalue weighted by molar-refractivity contribution is -0.146. The van der Waals surface area contributed by atoms with E-state index < -0.39 is 11.4 Å². The molecule has 1 amide bonds. The Labute approximate surface area is 143 Å². The lowest BCUT2D eigenvalue weighted by Crippen LogP contribution is -2.38. The van der Waals surface area contributed by atoms with Crippen LogP contribution in [0.3, 0.4) is 0 Å². The minimum absolute atomic E-state index is 0.0416. The summed E-state index contributed by atoms with van der Waals surface area (Å²) in [4.78, 5) is 23.3. The molecule has 1 aromatic rings. The molecule has 0 unspecified atom stereocenters. The van der Waals surface area contributed by atoms with Gasteiger partial charge in [-0.3, -0.25) is 9.59 Å². The Kier molecular flexibility index (Phi) is 7.55. The van der Waals surface area contributed by atoms with E-state index in [1.807, 2.05) is 6.92 Å². The molecule has 0 heterocycles. The molecule has 1 aromatic carbocycles. The molecule has 0 bridgehead atoms. The predicted octanol–water partition coefficient (Wildman–Crippen LogP) is 3.10. The number of carboxylic acids is 1. The van der Waals surface area contributed by atoms with Crippen LogP contribution in [0.4, 0.5) is 0 Å². The largest absolute Gasteiger partial charge is 0.490 e. The smallest absolute Gasteiger partial charge is 0.310 e. The van der Waals surface area contributed by atoms with Crippen LogP contribution in [0.1, 0.15) is 50.9 Å². The zero-order valence-corrected chi connectivity index (χ0v) is 14.8. The number of rotatable bonds is 10. The molecule has 0 spiro atoms. The van der Waals surface area contributed by atoms with Gasteiger partial charge in [-0.15, -0.1) is 0 Å². The van der Waals surface area contributed by atoms with Crippen LogP contribution >= 0.6 is 0 Å². The molecule has 134 valence electrons. The summed E-state index contributed by atoms with van der Waals surface area (Å²) in [5.41, 5.74) is -0.621. The van der Waals surface area contributed by atoms with Crippen molar-refractivity contribution in [2.45, 2.75) is 40.5 Å². The van der Waals surface area contributed by atoms with Crippen molar-refractivity contribution in [1.82, 2.24) is 5.32 Å². The summed E-state index contributed by atoms with van der Waals surface area (Å²) < 4.78 is 11.2. The molecule has 0 radical (unpaired) electrons. The summed E-state index contributed by atoms with van der Waals surface area (Å²) >= 11 is 0. The Balaban J connectivity index is 2.82. The second-order valence-electron chi connectivity index (χ2n) is 6.17. The van der Waals surface area contributed by atoms with Crippen LogP contribution in [0, 0.1) is 5.41 Å². The van der Waals surface area contributed by atoms with E-state index >= 15 is 0 Å². The maximum absolute atomic E-state index is 12.2. The molecular weight excluding hydrogens is 310 g/mol. The Morgan fingerprint density at radius 1 is 1.17 bits per heavy atom. The number of aliphatic carboxylic acids is 1. The average molecular weight is 337 g/mol. The van der Waals surface area contributed by atoms with Crippen LogP contribution in [0.5, 0.6) is 11.5 Å². The molecule has 0 saturated heterocycles. The number of amides is 1. The van der Waals surface area contributed by atoms with Crippen LogP contribution in [-0.2, 0) is 4.79 Å². The fraction of sp³-hybridized carbons (Fsp3) is 0.556. The van der Waals surface area contributed by atoms with Gasteiger partial charge in [-0.2, -0.15) is 0 Å². The average Bonchev–Trinajstić information content (AvgIpc) is 2.54. The minimum atomic E-state index is -1.03. The molecule has 0 saturated carbocycles. The first kappa shape index (κ1) is 19.8. The van der Waals surface area contributed by atoms with Gasteiger partial charge in [0.2, 0.25) is 0 Å². The van der Waals surface area contributed by atoms with Crippen LogP contribution in [0.15, 0.2) is 18.2 Å². The molecule has 0 aliphatic heterocycles. The Morgan fingerprint density at radius 3 is 2.46 bits per heavy atom. The molecule has 0 atom stereocenters. The van der Waals surface area contributed by atoms with Crippen molar-refractivity contribution in [2.24, 2.45) is 5.41 Å². The topological polar surface area (TPSA) is 84.9 Å². The van der Waals surface area contributed by atoms with Gasteiger partial charge in [-0.1, -0.05) is 13.3 Å². The number of nitrogens with one attached hydrogen (secondary N) is 1. The monoisotopic (exact) mass is 337 g/mol. The van der Waals surface area contributed by atoms with Crippen LogP contribution < -0.4 is 14.8 Å². The van der Waals surface area contributed by atoms with Crippen molar-refractivity contribution < 1.29 is 24.2 Å². The summed E-state index contributed by atoms with van der Waals surface area (Å²) in [5, 5.41) is 11.7. The summed E-state index contributed by atoms with van der Waals surface area (Å²) in [6.45, 7) is 8.16. The van der Waals surface area contributed by atoms with Gasteiger partial charge < -0.3 is 19.9 Å². The second-order valence-corrected chi connectivity index (χ2v) is 6.17. The highest BCUT2D eigenvalue weighted by molar-refractivity contribution is 5.95. The van der Waals surface area contributed by atoms with Gasteiger partial charge in [-0.05, 0) is 45.4 Å². The molecule has 6 heteroatoms. The molecule has 0 fully saturated rings. The third-order valence-electron chi connectivity index (χ3n) is 3.53. The van der Waals surface area contributed by atoms with Gasteiger partial charge in [0.25, 0.3) is 5.91 Å². The highest BCUT2D eigenvalue weighted by atomic mass is 16.5. The fourth-order valence-corrected chi connectivity index (χ4v) is 1.84. The Bertz CT molecular complexity index is 569. The molecule has 0 aliphatic carbocycles. The van der Waals surface area contributed by atoms with Crippen molar-refractivity contribution in [3.05, 3.63) is 23.8 Å². The highest BCUT2D eigenvalue weighted by Crippen LogP contribution is 2.29. The Morgan fingerprint density at radius 2 is 1.88 bits per heavy atom. The van der Waals surface area contributed by atoms with E-state index in [9.17, 15) is 9.59 Å². The van der Waals surface area contributed by atoms with Gasteiger partial charge in [-0.25, -0.2) is 0 Å². The number of ether oxygens (including phenoxy) is 2. The Hall–Kier alpha value is -2.24. The van der Waals surface area contributed by atoms with E-state index in [0.717, 1.165) is 12.8 Å². The van der Waals surface area contributed by atoms with Gasteiger partial charge in [0.05, 0.1) is 18.6 Å². The summed E-state index contributed by atoms with van der Waals surface area (Å²) in [5.74, 6) is -0.186. The quantitative estimate of drug-likeness (QED) is 0.641. The SMILES string of the molecule is CCCCOc1ccc(C(=O)NCC(C)(C)C(=O)O)cc1OCC. The normalized spacial score (nSPS) is 11.0. The number of carboxylic acid groups (broad SMARTS) is 1. The first-order chi connectivity index (χ1) is 11.3. The second kappa shape index (κ2) is 9.15. The van der Waals surface area contributed by atoms with Crippen molar-refractivity contribution in [3.8, 4) is 11.5 Å². The van der Waals surface area contributed by atoms with E-state index in [0.29, 0.717) is 30.3 Å². The molecule has 24 heavy (non-hydrogen) atoms. The minimum Gasteiger partial charge on any atom is -0.490 e. The fourth-order valence-electron chi connectivity index (χ4n) is 1.84. The number of hydrogen-bond acceptors (Lipinski definition) is 4. The number of hydrogen-bond donors (Lipinski definition) is 2. The molecular formula is C18H27NO5. The third kappa shape index (κ3) is 5.76. The maximum atomic E-state index is 12.2. The first-order valence-corrected chi connectivity index (χ1v) is 8.23. The van der Waals surface area contributed by atoms with Crippen LogP contribution in [0.25, 0.3) is 0 Å². The standard InChI is InChI=1S/C18H27NO5/c1-5-7-10-24-14-9-8-13(11-15(14)23-6-2)16(20)19-12-18(3,4)17(21)22/h8-9,11H,5-7,10,12H2,1-4H3,(H,19,20)(H,21,22). The van der Waals surface area contributed by atoms with Crippen LogP contribution in [-0.4, -0.2) is 36.7 Å². The van der Waals surface area contributed by atoms with Crippen molar-refractivity contribution in [1.29, 1.82) is 0 Å². The molecule has 0 aromatic heterocycles. The lowest BCUT2D eigenvalue weighted by atomic mass is 9.94. The summed E-state index contributed by atoms with van der Waals surface area (Å²) in [6.07, 6.45) is 1.97. The molecule has 2 N–H and O–H groups in total. The molecule has 0 aliphatic rings. The van der Waals surface area contributed by atoms with Crippen molar-refractivity contribution in [3.63, 3.8) is 0 Å². The predicted molar refractivity (Wildman–Crippen MR) is 91.8 cm³/mol. The van der Waals surface area contributed by atoms with Crippen LogP contribution in [0.2, 0.25) is 0 Å². The van der Waals surface area contributed by atoms with E-state index in [-0.39, 0.29) is 12.5 Å². The summed E-state index contributed by atoms with van der Waals surface area (Å²) in [7, 11) is 0. The van der Waals surface area contributed by atoms with Gasteiger partial charge in [0.15, 0.2) is 11.5 Å². The van der Waals surface area contributed by atoms with Gasteiger partial charge >= 0.3 is 5.97 Å². The van der Waals surface area contributed by atoms with Crippen molar-refractivity contribution >= 4 is 11.9 Å². The summed E-state index contributed by atoms with van der Waals surface area (Å²) in [6, 6.07) is 4.97. The van der Waals surface area contributed by atoms with Crippen molar-refractivity contribution in [2.75, 3.05) is 19.8 Å². The van der Waals surface area contributed by atoms with Gasteiger partial charge in [0, 0.05) is 12.1 Å². The molecule has 6 nitrogen and oxygen atoms in total.